The van der Waals surface area contributed by atoms with Gasteiger partial charge in [0.2, 0.25) is 0 Å². The predicted octanol–water partition coefficient (Wildman–Crippen LogP) is 1.68. The third-order valence-corrected chi connectivity index (χ3v) is 5.49. The standard InChI is InChI=1S/C6H14O2SSi/c1-10(2,3)5-9-4-6(7)8/h4-5H2,1-3H3,(H,7,8). The van der Waals surface area contributed by atoms with E-state index in [1.54, 1.807) is 0 Å². The summed E-state index contributed by atoms with van der Waals surface area (Å²) < 4.78 is 0. The molecule has 0 aromatic rings. The fourth-order valence-electron chi connectivity index (χ4n) is 0.445. The number of carboxylic acid groups (broad SMARTS) is 1. The van der Waals surface area contributed by atoms with Gasteiger partial charge in [-0.2, -0.15) is 11.8 Å². The highest BCUT2D eigenvalue weighted by molar-refractivity contribution is 8.01. The first-order valence-corrected chi connectivity index (χ1v) is 8.07. The molecule has 0 saturated carbocycles. The highest BCUT2D eigenvalue weighted by Gasteiger charge is 2.12. The van der Waals surface area contributed by atoms with Crippen LogP contribution in [0.5, 0.6) is 0 Å². The Morgan fingerprint density at radius 2 is 2.00 bits per heavy atom. The van der Waals surface area contributed by atoms with Gasteiger partial charge in [-0.3, -0.25) is 4.79 Å². The lowest BCUT2D eigenvalue weighted by molar-refractivity contribution is -0.133. The van der Waals surface area contributed by atoms with Crippen LogP contribution in [0.2, 0.25) is 19.6 Å². The van der Waals surface area contributed by atoms with Crippen LogP contribution in [0.1, 0.15) is 0 Å². The van der Waals surface area contributed by atoms with E-state index in [-0.39, 0.29) is 5.75 Å². The molecule has 2 nitrogen and oxygen atoms in total. The van der Waals surface area contributed by atoms with Crippen molar-refractivity contribution in [1.29, 1.82) is 0 Å². The van der Waals surface area contributed by atoms with E-state index in [9.17, 15) is 4.79 Å². The van der Waals surface area contributed by atoms with Gasteiger partial charge >= 0.3 is 5.97 Å². The summed E-state index contributed by atoms with van der Waals surface area (Å²) in [6.07, 6.45) is 0. The van der Waals surface area contributed by atoms with Gasteiger partial charge in [0.25, 0.3) is 0 Å². The maximum absolute atomic E-state index is 10.1. The van der Waals surface area contributed by atoms with Gasteiger partial charge in [-0.25, -0.2) is 0 Å². The fraction of sp³-hybridized carbons (Fsp3) is 0.833. The summed E-state index contributed by atoms with van der Waals surface area (Å²) in [5, 5.41) is 9.35. The van der Waals surface area contributed by atoms with E-state index in [4.69, 9.17) is 5.11 Å². The highest BCUT2D eigenvalue weighted by atomic mass is 32.2. The number of aliphatic carboxylic acids is 1. The van der Waals surface area contributed by atoms with Gasteiger partial charge in [-0.05, 0) is 5.38 Å². The Labute approximate surface area is 67.0 Å². The number of hydrogen-bond donors (Lipinski definition) is 1. The number of rotatable bonds is 4. The molecule has 0 aliphatic rings. The molecule has 0 amide bonds. The maximum Gasteiger partial charge on any atom is 0.313 e. The van der Waals surface area contributed by atoms with Gasteiger partial charge in [0.15, 0.2) is 0 Å². The zero-order chi connectivity index (χ0) is 8.20. The Bertz CT molecular complexity index is 119. The van der Waals surface area contributed by atoms with Gasteiger partial charge in [-0.1, -0.05) is 19.6 Å². The van der Waals surface area contributed by atoms with Crippen molar-refractivity contribution in [3.63, 3.8) is 0 Å². The highest BCUT2D eigenvalue weighted by Crippen LogP contribution is 2.10. The van der Waals surface area contributed by atoms with Crippen LogP contribution >= 0.6 is 11.8 Å². The molecule has 0 unspecified atom stereocenters. The molecule has 0 rings (SSSR count). The Morgan fingerprint density at radius 3 is 2.30 bits per heavy atom. The first-order chi connectivity index (χ1) is 4.42. The first kappa shape index (κ1) is 10.0. The van der Waals surface area contributed by atoms with Crippen molar-refractivity contribution in [1.82, 2.24) is 0 Å². The van der Waals surface area contributed by atoms with Crippen LogP contribution in [-0.4, -0.2) is 30.3 Å². The number of carboxylic acids is 1. The molecule has 0 aromatic carbocycles. The molecule has 0 atom stereocenters. The lowest BCUT2D eigenvalue weighted by Gasteiger charge is -2.13. The van der Waals surface area contributed by atoms with Crippen molar-refractivity contribution >= 4 is 25.8 Å². The molecule has 0 aliphatic carbocycles. The minimum atomic E-state index is -1.02. The third kappa shape index (κ3) is 8.04. The van der Waals surface area contributed by atoms with Gasteiger partial charge in [0, 0.05) is 0 Å². The minimum absolute atomic E-state index is 0.254. The molecule has 1 N–H and O–H groups in total. The average molecular weight is 178 g/mol. The topological polar surface area (TPSA) is 37.3 Å². The van der Waals surface area contributed by atoms with Crippen molar-refractivity contribution in [2.24, 2.45) is 0 Å². The Morgan fingerprint density at radius 1 is 1.50 bits per heavy atom. The molecule has 0 radical (unpaired) electrons. The second-order valence-electron chi connectivity index (χ2n) is 3.45. The largest absolute Gasteiger partial charge is 0.481 e. The third-order valence-electron chi connectivity index (χ3n) is 0.761. The summed E-state index contributed by atoms with van der Waals surface area (Å²) in [5.74, 6) is -0.451. The predicted molar refractivity (Wildman–Crippen MR) is 48.3 cm³/mol. The molecule has 0 heterocycles. The summed E-state index contributed by atoms with van der Waals surface area (Å²) in [7, 11) is -1.02. The smallest absolute Gasteiger partial charge is 0.313 e. The van der Waals surface area contributed by atoms with Crippen molar-refractivity contribution in [3.8, 4) is 0 Å². The second-order valence-corrected chi connectivity index (χ2v) is 10.4. The van der Waals surface area contributed by atoms with Crippen molar-refractivity contribution in [2.75, 3.05) is 11.1 Å². The lowest BCUT2D eigenvalue weighted by Crippen LogP contribution is -2.24. The first-order valence-electron chi connectivity index (χ1n) is 3.21. The quantitative estimate of drug-likeness (QED) is 0.666. The van der Waals surface area contributed by atoms with E-state index in [0.29, 0.717) is 0 Å². The second kappa shape index (κ2) is 4.03. The molecule has 10 heavy (non-hydrogen) atoms. The Kier molecular flexibility index (Phi) is 4.04. The minimum Gasteiger partial charge on any atom is -0.481 e. The van der Waals surface area contributed by atoms with E-state index < -0.39 is 14.0 Å². The van der Waals surface area contributed by atoms with Crippen molar-refractivity contribution < 1.29 is 9.90 Å². The number of hydrogen-bond acceptors (Lipinski definition) is 2. The molecule has 60 valence electrons. The van der Waals surface area contributed by atoms with Gasteiger partial charge in [0.1, 0.15) is 0 Å². The molecule has 0 saturated heterocycles. The van der Waals surface area contributed by atoms with E-state index in [1.807, 2.05) is 0 Å². The van der Waals surface area contributed by atoms with E-state index in [0.717, 1.165) is 5.38 Å². The van der Waals surface area contributed by atoms with Crippen LogP contribution in [0.4, 0.5) is 0 Å². The van der Waals surface area contributed by atoms with Gasteiger partial charge in [-0.15, -0.1) is 0 Å². The van der Waals surface area contributed by atoms with Crippen LogP contribution < -0.4 is 0 Å². The molecule has 4 heteroatoms. The fourth-order valence-corrected chi connectivity index (χ4v) is 3.48. The van der Waals surface area contributed by atoms with Gasteiger partial charge < -0.3 is 5.11 Å². The monoisotopic (exact) mass is 178 g/mol. The van der Waals surface area contributed by atoms with Crippen molar-refractivity contribution in [2.45, 2.75) is 19.6 Å². The SMILES string of the molecule is C[Si](C)(C)CSCC(=O)O. The summed E-state index contributed by atoms with van der Waals surface area (Å²) in [4.78, 5) is 10.1. The van der Waals surface area contributed by atoms with Gasteiger partial charge in [0.05, 0.1) is 13.8 Å². The van der Waals surface area contributed by atoms with Crippen molar-refractivity contribution in [3.05, 3.63) is 0 Å². The molecule has 0 aliphatic heterocycles. The van der Waals surface area contributed by atoms with Crippen LogP contribution in [0.15, 0.2) is 0 Å². The zero-order valence-electron chi connectivity index (χ0n) is 6.68. The molecular weight excluding hydrogens is 164 g/mol. The number of thioether (sulfide) groups is 1. The summed E-state index contributed by atoms with van der Waals surface area (Å²) >= 11 is 1.53. The summed E-state index contributed by atoms with van der Waals surface area (Å²) in [6.45, 7) is 6.71. The molecule has 0 aromatic heterocycles. The molecule has 0 fully saturated rings. The molecule has 0 spiro atoms. The normalized spacial score (nSPS) is 11.5. The van der Waals surface area contributed by atoms with E-state index >= 15 is 0 Å². The van der Waals surface area contributed by atoms with Crippen LogP contribution in [0.25, 0.3) is 0 Å². The lowest BCUT2D eigenvalue weighted by atomic mass is 10.8. The van der Waals surface area contributed by atoms with Crippen LogP contribution in [-0.2, 0) is 4.79 Å². The molecular formula is C6H14O2SSi. The molecule has 0 bridgehead atoms. The van der Waals surface area contributed by atoms with Crippen LogP contribution in [0, 0.1) is 0 Å². The maximum atomic E-state index is 10.1. The van der Waals surface area contributed by atoms with E-state index in [1.165, 1.54) is 11.8 Å². The average Bonchev–Trinajstić information content (AvgIpc) is 1.59. The Balaban J connectivity index is 3.29. The van der Waals surface area contributed by atoms with E-state index in [2.05, 4.69) is 19.6 Å². The number of carbonyl (C=O) groups is 1. The zero-order valence-corrected chi connectivity index (χ0v) is 8.49. The Hall–Kier alpha value is 0.0369. The summed E-state index contributed by atoms with van der Waals surface area (Å²) in [5.41, 5.74) is 0. The summed E-state index contributed by atoms with van der Waals surface area (Å²) in [6, 6.07) is 0. The van der Waals surface area contributed by atoms with Crippen LogP contribution in [0.3, 0.4) is 0 Å².